The van der Waals surface area contributed by atoms with Gasteiger partial charge in [0.2, 0.25) is 0 Å². The van der Waals surface area contributed by atoms with Crippen LogP contribution in [0, 0.1) is 0 Å². The van der Waals surface area contributed by atoms with Gasteiger partial charge >= 0.3 is 0 Å². The quantitative estimate of drug-likeness (QED) is 0.692. The summed E-state index contributed by atoms with van der Waals surface area (Å²) < 4.78 is 2.03. The fourth-order valence-electron chi connectivity index (χ4n) is 1.70. The summed E-state index contributed by atoms with van der Waals surface area (Å²) in [6.45, 7) is 0. The number of halogens is 2. The van der Waals surface area contributed by atoms with Gasteiger partial charge in [-0.2, -0.15) is 0 Å². The Balaban J connectivity index is 2.62. The van der Waals surface area contributed by atoms with Gasteiger partial charge in [-0.25, -0.2) is 0 Å². The van der Waals surface area contributed by atoms with E-state index >= 15 is 0 Å². The highest BCUT2D eigenvalue weighted by Gasteiger charge is 2.05. The van der Waals surface area contributed by atoms with Crippen LogP contribution in [0.4, 0.5) is 0 Å². The lowest BCUT2D eigenvalue weighted by Crippen LogP contribution is -1.89. The molecule has 74 valence electrons. The molecule has 0 aliphatic heterocycles. The van der Waals surface area contributed by atoms with E-state index in [4.69, 9.17) is 23.2 Å². The standard InChI is InChI=1S/C11H11Cl2N/c1-14-5-3-9-6-8(2-4-12)7-10(13)11(9)14/h3,5-7H,2,4H2,1H3. The Kier molecular flexibility index (Phi) is 2.71. The van der Waals surface area contributed by atoms with Crippen LogP contribution >= 0.6 is 23.2 Å². The largest absolute Gasteiger partial charge is 0.349 e. The van der Waals surface area contributed by atoms with Crippen molar-refractivity contribution >= 4 is 34.1 Å². The van der Waals surface area contributed by atoms with Gasteiger partial charge in [0.15, 0.2) is 0 Å². The van der Waals surface area contributed by atoms with Crippen molar-refractivity contribution in [2.45, 2.75) is 6.42 Å². The van der Waals surface area contributed by atoms with Crippen molar-refractivity contribution in [3.05, 3.63) is 35.0 Å². The first-order valence-corrected chi connectivity index (χ1v) is 5.43. The maximum atomic E-state index is 6.18. The zero-order chi connectivity index (χ0) is 10.1. The second-order valence-corrected chi connectivity index (χ2v) is 4.17. The Morgan fingerprint density at radius 2 is 2.14 bits per heavy atom. The van der Waals surface area contributed by atoms with Crippen LogP contribution in [0.25, 0.3) is 10.9 Å². The van der Waals surface area contributed by atoms with Crippen molar-refractivity contribution in [2.75, 3.05) is 5.88 Å². The summed E-state index contributed by atoms with van der Waals surface area (Å²) in [7, 11) is 2.00. The lowest BCUT2D eigenvalue weighted by molar-refractivity contribution is 0.969. The molecule has 1 aromatic heterocycles. The number of hydrogen-bond acceptors (Lipinski definition) is 0. The predicted molar refractivity (Wildman–Crippen MR) is 62.4 cm³/mol. The Morgan fingerprint density at radius 3 is 2.86 bits per heavy atom. The van der Waals surface area contributed by atoms with Gasteiger partial charge in [0.1, 0.15) is 0 Å². The Morgan fingerprint density at radius 1 is 1.36 bits per heavy atom. The highest BCUT2D eigenvalue weighted by molar-refractivity contribution is 6.35. The molecule has 0 aliphatic carbocycles. The number of aryl methyl sites for hydroxylation is 2. The fraction of sp³-hybridized carbons (Fsp3) is 0.273. The van der Waals surface area contributed by atoms with E-state index in [1.807, 2.05) is 23.9 Å². The number of hydrogen-bond donors (Lipinski definition) is 0. The monoisotopic (exact) mass is 227 g/mol. The van der Waals surface area contributed by atoms with Crippen LogP contribution in [-0.2, 0) is 13.5 Å². The van der Waals surface area contributed by atoms with E-state index in [-0.39, 0.29) is 0 Å². The highest BCUT2D eigenvalue weighted by Crippen LogP contribution is 2.26. The molecule has 0 amide bonds. The molecule has 3 heteroatoms. The minimum atomic E-state index is 0.634. The molecule has 0 radical (unpaired) electrons. The summed E-state index contributed by atoms with van der Waals surface area (Å²) in [5.41, 5.74) is 2.29. The number of benzene rings is 1. The van der Waals surface area contributed by atoms with Crippen LogP contribution in [-0.4, -0.2) is 10.4 Å². The van der Waals surface area contributed by atoms with Crippen LogP contribution < -0.4 is 0 Å². The average Bonchev–Trinajstić information content (AvgIpc) is 2.48. The maximum Gasteiger partial charge on any atom is 0.0667 e. The van der Waals surface area contributed by atoms with E-state index in [0.29, 0.717) is 5.88 Å². The summed E-state index contributed by atoms with van der Waals surface area (Å²) in [5.74, 6) is 0.634. The molecule has 0 saturated heterocycles. The molecule has 0 saturated carbocycles. The van der Waals surface area contributed by atoms with Crippen LogP contribution in [0.5, 0.6) is 0 Å². The molecule has 0 unspecified atom stereocenters. The molecule has 1 heterocycles. The lowest BCUT2D eigenvalue weighted by atomic mass is 10.1. The Hall–Kier alpha value is -0.660. The van der Waals surface area contributed by atoms with Crippen molar-refractivity contribution in [1.82, 2.24) is 4.57 Å². The topological polar surface area (TPSA) is 4.93 Å². The summed E-state index contributed by atoms with van der Waals surface area (Å²) in [6.07, 6.45) is 2.88. The van der Waals surface area contributed by atoms with Gasteiger partial charge in [0, 0.05) is 24.5 Å². The second kappa shape index (κ2) is 3.84. The normalized spacial score (nSPS) is 11.1. The third-order valence-corrected chi connectivity index (χ3v) is 2.84. The van der Waals surface area contributed by atoms with Crippen LogP contribution in [0.3, 0.4) is 0 Å². The number of alkyl halides is 1. The first kappa shape index (κ1) is 9.88. The van der Waals surface area contributed by atoms with Crippen molar-refractivity contribution < 1.29 is 0 Å². The van der Waals surface area contributed by atoms with Gasteiger partial charge < -0.3 is 4.57 Å². The van der Waals surface area contributed by atoms with E-state index in [0.717, 1.165) is 17.0 Å². The number of nitrogens with zero attached hydrogens (tertiary/aromatic N) is 1. The Bertz CT molecular complexity index is 460. The molecule has 14 heavy (non-hydrogen) atoms. The van der Waals surface area contributed by atoms with Gasteiger partial charge in [0.25, 0.3) is 0 Å². The minimum Gasteiger partial charge on any atom is -0.349 e. The van der Waals surface area contributed by atoms with Crippen LogP contribution in [0.1, 0.15) is 5.56 Å². The summed E-state index contributed by atoms with van der Waals surface area (Å²) >= 11 is 11.9. The molecule has 0 atom stereocenters. The van der Waals surface area contributed by atoms with E-state index in [9.17, 15) is 0 Å². The summed E-state index contributed by atoms with van der Waals surface area (Å²) in [6, 6.07) is 6.20. The molecule has 1 nitrogen and oxygen atoms in total. The molecule has 2 rings (SSSR count). The Labute approximate surface area is 93.2 Å². The zero-order valence-corrected chi connectivity index (χ0v) is 9.44. The van der Waals surface area contributed by atoms with Crippen LogP contribution in [0.15, 0.2) is 24.4 Å². The molecule has 0 fully saturated rings. The van der Waals surface area contributed by atoms with Gasteiger partial charge in [0.05, 0.1) is 10.5 Å². The number of rotatable bonds is 2. The van der Waals surface area contributed by atoms with Crippen molar-refractivity contribution in [3.63, 3.8) is 0 Å². The third kappa shape index (κ3) is 1.62. The van der Waals surface area contributed by atoms with E-state index < -0.39 is 0 Å². The van der Waals surface area contributed by atoms with Crippen molar-refractivity contribution in [1.29, 1.82) is 0 Å². The van der Waals surface area contributed by atoms with Gasteiger partial charge in [-0.15, -0.1) is 11.6 Å². The highest BCUT2D eigenvalue weighted by atomic mass is 35.5. The second-order valence-electron chi connectivity index (χ2n) is 3.38. The van der Waals surface area contributed by atoms with Crippen LogP contribution in [0.2, 0.25) is 5.02 Å². The predicted octanol–water partition coefficient (Wildman–Crippen LogP) is 3.61. The molecular formula is C11H11Cl2N. The molecule has 0 aliphatic rings. The summed E-state index contributed by atoms with van der Waals surface area (Å²) in [5, 5.41) is 1.98. The smallest absolute Gasteiger partial charge is 0.0667 e. The molecule has 0 N–H and O–H groups in total. The fourth-order valence-corrected chi connectivity index (χ4v) is 2.30. The lowest BCUT2D eigenvalue weighted by Gasteiger charge is -2.03. The maximum absolute atomic E-state index is 6.18. The van der Waals surface area contributed by atoms with Crippen molar-refractivity contribution in [3.8, 4) is 0 Å². The minimum absolute atomic E-state index is 0.634. The molecule has 2 aromatic rings. The first-order chi connectivity index (χ1) is 6.72. The zero-order valence-electron chi connectivity index (χ0n) is 7.93. The first-order valence-electron chi connectivity index (χ1n) is 4.52. The van der Waals surface area contributed by atoms with Crippen molar-refractivity contribution in [2.24, 2.45) is 7.05 Å². The van der Waals surface area contributed by atoms with Gasteiger partial charge in [-0.1, -0.05) is 11.6 Å². The summed E-state index contributed by atoms with van der Waals surface area (Å²) in [4.78, 5) is 0. The third-order valence-electron chi connectivity index (χ3n) is 2.37. The molecular weight excluding hydrogens is 217 g/mol. The van der Waals surface area contributed by atoms with E-state index in [2.05, 4.69) is 12.1 Å². The van der Waals surface area contributed by atoms with Gasteiger partial charge in [-0.05, 0) is 30.2 Å². The van der Waals surface area contributed by atoms with Gasteiger partial charge in [-0.3, -0.25) is 0 Å². The molecule has 0 spiro atoms. The molecule has 1 aromatic carbocycles. The number of aromatic nitrogens is 1. The van der Waals surface area contributed by atoms with E-state index in [1.165, 1.54) is 10.9 Å². The van der Waals surface area contributed by atoms with E-state index in [1.54, 1.807) is 0 Å². The SMILES string of the molecule is Cn1ccc2cc(CCCl)cc(Cl)c21. The number of fused-ring (bicyclic) bond motifs is 1. The molecule has 0 bridgehead atoms. The average molecular weight is 228 g/mol.